The predicted octanol–water partition coefficient (Wildman–Crippen LogP) is 1.82. The summed E-state index contributed by atoms with van der Waals surface area (Å²) in [4.78, 5) is 10.8. The summed E-state index contributed by atoms with van der Waals surface area (Å²) in [5, 5.41) is 0.420. The predicted molar refractivity (Wildman–Crippen MR) is 47.5 cm³/mol. The molecule has 1 amide bonds. The third kappa shape index (κ3) is 1.64. The maximum atomic E-state index is 13.0. The van der Waals surface area contributed by atoms with E-state index in [2.05, 4.69) is 15.9 Å². The van der Waals surface area contributed by atoms with E-state index in [1.54, 1.807) is 12.1 Å². The van der Waals surface area contributed by atoms with Crippen LogP contribution >= 0.6 is 15.9 Å². The van der Waals surface area contributed by atoms with Crippen molar-refractivity contribution in [2.24, 2.45) is 5.73 Å². The lowest BCUT2D eigenvalue weighted by molar-refractivity contribution is 0.0996. The zero-order valence-electron chi connectivity index (χ0n) is 6.18. The summed E-state index contributed by atoms with van der Waals surface area (Å²) in [5.74, 6) is -1.30. The Hall–Kier alpha value is -0.900. The van der Waals surface area contributed by atoms with Gasteiger partial charge in [0.1, 0.15) is 5.82 Å². The molecule has 12 heavy (non-hydrogen) atoms. The van der Waals surface area contributed by atoms with Crippen molar-refractivity contribution in [1.82, 2.24) is 0 Å². The van der Waals surface area contributed by atoms with E-state index >= 15 is 0 Å². The highest BCUT2D eigenvalue weighted by Crippen LogP contribution is 2.15. The van der Waals surface area contributed by atoms with E-state index in [1.807, 2.05) is 0 Å². The Morgan fingerprint density at radius 1 is 1.58 bits per heavy atom. The molecule has 2 nitrogen and oxygen atoms in total. The van der Waals surface area contributed by atoms with Gasteiger partial charge in [0.2, 0.25) is 0 Å². The number of amides is 1. The molecule has 0 aromatic heterocycles. The van der Waals surface area contributed by atoms with E-state index in [-0.39, 0.29) is 5.56 Å². The molecule has 0 unspecified atom stereocenters. The lowest BCUT2D eigenvalue weighted by atomic mass is 10.1. The van der Waals surface area contributed by atoms with Crippen molar-refractivity contribution >= 4 is 21.8 Å². The summed E-state index contributed by atoms with van der Waals surface area (Å²) in [6.45, 7) is 0. The first-order valence-electron chi connectivity index (χ1n) is 3.30. The van der Waals surface area contributed by atoms with Crippen LogP contribution in [-0.2, 0) is 5.33 Å². The first-order valence-corrected chi connectivity index (χ1v) is 4.42. The molecule has 2 N–H and O–H groups in total. The molecular weight excluding hydrogens is 225 g/mol. The minimum atomic E-state index is -0.734. The van der Waals surface area contributed by atoms with Gasteiger partial charge >= 0.3 is 0 Å². The van der Waals surface area contributed by atoms with Crippen molar-refractivity contribution in [3.63, 3.8) is 0 Å². The fraction of sp³-hybridized carbons (Fsp3) is 0.125. The fourth-order valence-corrected chi connectivity index (χ4v) is 1.42. The van der Waals surface area contributed by atoms with Gasteiger partial charge in [-0.1, -0.05) is 28.1 Å². The Bertz CT molecular complexity index is 314. The van der Waals surface area contributed by atoms with Gasteiger partial charge in [-0.2, -0.15) is 0 Å². The number of rotatable bonds is 2. The monoisotopic (exact) mass is 231 g/mol. The fourth-order valence-electron chi connectivity index (χ4n) is 0.956. The topological polar surface area (TPSA) is 43.1 Å². The molecule has 1 rings (SSSR count). The van der Waals surface area contributed by atoms with Gasteiger partial charge in [0.15, 0.2) is 0 Å². The van der Waals surface area contributed by atoms with Gasteiger partial charge < -0.3 is 5.73 Å². The maximum Gasteiger partial charge on any atom is 0.251 e. The molecule has 4 heteroatoms. The van der Waals surface area contributed by atoms with Crippen molar-refractivity contribution in [3.8, 4) is 0 Å². The van der Waals surface area contributed by atoms with Crippen LogP contribution in [0.3, 0.4) is 0 Å². The number of carbonyl (C=O) groups is 1. The molecule has 0 aliphatic heterocycles. The summed E-state index contributed by atoms with van der Waals surface area (Å²) < 4.78 is 13.0. The number of alkyl halides is 1. The number of primary amides is 1. The molecule has 0 saturated heterocycles. The summed E-state index contributed by atoms with van der Waals surface area (Å²) in [6, 6.07) is 4.41. The Kier molecular flexibility index (Phi) is 2.81. The second-order valence-electron chi connectivity index (χ2n) is 2.27. The minimum absolute atomic E-state index is 0.0330. The standard InChI is InChI=1S/C8H7BrFNO/c9-4-5-2-1-3-6(10)7(5)8(11)12/h1-3H,4H2,(H2,11,12). The second kappa shape index (κ2) is 3.67. The van der Waals surface area contributed by atoms with E-state index in [0.717, 1.165) is 0 Å². The normalized spacial score (nSPS) is 9.83. The minimum Gasteiger partial charge on any atom is -0.365 e. The SMILES string of the molecule is NC(=O)c1c(F)cccc1CBr. The van der Waals surface area contributed by atoms with Crippen LogP contribution in [0, 0.1) is 5.82 Å². The van der Waals surface area contributed by atoms with Crippen molar-refractivity contribution < 1.29 is 9.18 Å². The smallest absolute Gasteiger partial charge is 0.251 e. The molecule has 0 saturated carbocycles. The van der Waals surface area contributed by atoms with Crippen LogP contribution in [0.2, 0.25) is 0 Å². The summed E-state index contributed by atoms with van der Waals surface area (Å²) in [6.07, 6.45) is 0. The van der Waals surface area contributed by atoms with Crippen molar-refractivity contribution in [1.29, 1.82) is 0 Å². The summed E-state index contributed by atoms with van der Waals surface area (Å²) in [7, 11) is 0. The highest BCUT2D eigenvalue weighted by Gasteiger charge is 2.11. The van der Waals surface area contributed by atoms with Crippen molar-refractivity contribution in [2.75, 3.05) is 0 Å². The molecule has 64 valence electrons. The number of benzene rings is 1. The van der Waals surface area contributed by atoms with Crippen LogP contribution in [0.15, 0.2) is 18.2 Å². The third-order valence-corrected chi connectivity index (χ3v) is 2.09. The number of nitrogens with two attached hydrogens (primary N) is 1. The number of carbonyl (C=O) groups excluding carboxylic acids is 1. The Morgan fingerprint density at radius 3 is 2.67 bits per heavy atom. The first kappa shape index (κ1) is 9.19. The molecule has 0 heterocycles. The number of hydrogen-bond donors (Lipinski definition) is 1. The Morgan fingerprint density at radius 2 is 2.25 bits per heavy atom. The number of hydrogen-bond acceptors (Lipinski definition) is 1. The summed E-state index contributed by atoms with van der Waals surface area (Å²) in [5.41, 5.74) is 5.53. The lowest BCUT2D eigenvalue weighted by Crippen LogP contribution is -2.15. The van der Waals surface area contributed by atoms with Crippen molar-refractivity contribution in [3.05, 3.63) is 35.1 Å². The van der Waals surface area contributed by atoms with Gasteiger partial charge in [0.25, 0.3) is 5.91 Å². The molecule has 0 aliphatic carbocycles. The zero-order chi connectivity index (χ0) is 9.14. The molecule has 0 bridgehead atoms. The molecule has 0 radical (unpaired) electrons. The van der Waals surface area contributed by atoms with E-state index in [9.17, 15) is 9.18 Å². The van der Waals surface area contributed by atoms with Crippen LogP contribution in [0.5, 0.6) is 0 Å². The molecule has 0 atom stereocenters. The second-order valence-corrected chi connectivity index (χ2v) is 2.83. The Balaban J connectivity index is 3.29. The quantitative estimate of drug-likeness (QED) is 0.776. The molecule has 0 aliphatic rings. The van der Waals surface area contributed by atoms with E-state index < -0.39 is 11.7 Å². The third-order valence-electron chi connectivity index (χ3n) is 1.49. The van der Waals surface area contributed by atoms with E-state index in [1.165, 1.54) is 6.07 Å². The van der Waals surface area contributed by atoms with E-state index in [4.69, 9.17) is 5.73 Å². The zero-order valence-corrected chi connectivity index (χ0v) is 7.77. The van der Waals surface area contributed by atoms with Crippen LogP contribution in [0.4, 0.5) is 4.39 Å². The van der Waals surface area contributed by atoms with Gasteiger partial charge in [-0.15, -0.1) is 0 Å². The molecular formula is C8H7BrFNO. The first-order chi connectivity index (χ1) is 5.66. The van der Waals surface area contributed by atoms with Crippen molar-refractivity contribution in [2.45, 2.75) is 5.33 Å². The van der Waals surface area contributed by atoms with Crippen LogP contribution < -0.4 is 5.73 Å². The molecule has 1 aromatic rings. The number of halogens is 2. The largest absolute Gasteiger partial charge is 0.365 e. The van der Waals surface area contributed by atoms with Crippen LogP contribution in [-0.4, -0.2) is 5.91 Å². The van der Waals surface area contributed by atoms with Gasteiger partial charge in [-0.05, 0) is 11.6 Å². The van der Waals surface area contributed by atoms with E-state index in [0.29, 0.717) is 10.9 Å². The Labute approximate surface area is 77.7 Å². The summed E-state index contributed by atoms with van der Waals surface area (Å²) >= 11 is 3.14. The van der Waals surface area contributed by atoms with Gasteiger partial charge in [0.05, 0.1) is 5.56 Å². The van der Waals surface area contributed by atoms with Crippen LogP contribution in [0.25, 0.3) is 0 Å². The van der Waals surface area contributed by atoms with Gasteiger partial charge in [0, 0.05) is 5.33 Å². The highest BCUT2D eigenvalue weighted by atomic mass is 79.9. The molecule has 1 aromatic carbocycles. The lowest BCUT2D eigenvalue weighted by Gasteiger charge is -2.03. The molecule has 0 spiro atoms. The van der Waals surface area contributed by atoms with Gasteiger partial charge in [-0.25, -0.2) is 4.39 Å². The highest BCUT2D eigenvalue weighted by molar-refractivity contribution is 9.08. The average molecular weight is 232 g/mol. The molecule has 0 fully saturated rings. The maximum absolute atomic E-state index is 13.0. The average Bonchev–Trinajstić information content (AvgIpc) is 2.03. The van der Waals surface area contributed by atoms with Gasteiger partial charge in [-0.3, -0.25) is 4.79 Å². The van der Waals surface area contributed by atoms with Crippen LogP contribution in [0.1, 0.15) is 15.9 Å².